The van der Waals surface area contributed by atoms with Crippen LogP contribution in [-0.2, 0) is 20.9 Å². The van der Waals surface area contributed by atoms with Crippen LogP contribution in [0.1, 0.15) is 37.7 Å². The molecule has 3 aliphatic rings. The van der Waals surface area contributed by atoms with Crippen LogP contribution in [0.15, 0.2) is 36.4 Å². The molecule has 2 saturated heterocycles. The van der Waals surface area contributed by atoms with E-state index in [-0.39, 0.29) is 42.5 Å². The van der Waals surface area contributed by atoms with E-state index < -0.39 is 0 Å². The molecule has 4 rings (SSSR count). The van der Waals surface area contributed by atoms with Crippen molar-refractivity contribution >= 4 is 23.4 Å². The number of rotatable bonds is 6. The standard InChI is InChI=1S/C22H27N3O3/c26-20(11-14-25-21(27)18-5-1-2-6-19(18)22(25)28)23-17-9-7-16(8-10-17)15-24-12-3-4-13-24/h1-2,7-10,18-19H,3-6,11-15H2,(H,23,26)/t18-,19-/m0/s1. The lowest BCUT2D eigenvalue weighted by Crippen LogP contribution is -2.34. The Labute approximate surface area is 165 Å². The Balaban J connectivity index is 1.26. The molecule has 6 nitrogen and oxygen atoms in total. The van der Waals surface area contributed by atoms with Crippen LogP contribution < -0.4 is 5.32 Å². The SMILES string of the molecule is O=C(CCN1C(=O)[C@H]2CC=CC[C@@H]2C1=O)Nc1ccc(CN2CCCC2)cc1. The quantitative estimate of drug-likeness (QED) is 0.607. The Morgan fingerprint density at radius 3 is 2.18 bits per heavy atom. The Hall–Kier alpha value is -2.47. The zero-order valence-corrected chi connectivity index (χ0v) is 16.1. The van der Waals surface area contributed by atoms with Gasteiger partial charge in [0.1, 0.15) is 0 Å². The summed E-state index contributed by atoms with van der Waals surface area (Å²) in [7, 11) is 0. The maximum absolute atomic E-state index is 12.4. The Bertz CT molecular complexity index is 755. The van der Waals surface area contributed by atoms with Crippen LogP contribution in [0.4, 0.5) is 5.69 Å². The van der Waals surface area contributed by atoms with Gasteiger partial charge in [0.15, 0.2) is 0 Å². The third-order valence-electron chi connectivity index (χ3n) is 6.00. The highest BCUT2D eigenvalue weighted by molar-refractivity contribution is 6.05. The van der Waals surface area contributed by atoms with Gasteiger partial charge in [-0.2, -0.15) is 0 Å². The molecule has 28 heavy (non-hydrogen) atoms. The van der Waals surface area contributed by atoms with E-state index in [9.17, 15) is 14.4 Å². The first-order chi connectivity index (χ1) is 13.6. The highest BCUT2D eigenvalue weighted by atomic mass is 16.2. The molecule has 2 atom stereocenters. The minimum Gasteiger partial charge on any atom is -0.326 e. The van der Waals surface area contributed by atoms with Crippen LogP contribution in [0.2, 0.25) is 0 Å². The topological polar surface area (TPSA) is 69.7 Å². The maximum atomic E-state index is 12.4. The van der Waals surface area contributed by atoms with E-state index in [0.717, 1.165) is 25.3 Å². The summed E-state index contributed by atoms with van der Waals surface area (Å²) in [5, 5.41) is 2.86. The summed E-state index contributed by atoms with van der Waals surface area (Å²) in [5.74, 6) is -0.898. The van der Waals surface area contributed by atoms with Gasteiger partial charge in [0.2, 0.25) is 17.7 Å². The van der Waals surface area contributed by atoms with Crippen molar-refractivity contribution in [2.45, 2.75) is 38.6 Å². The summed E-state index contributed by atoms with van der Waals surface area (Å²) < 4.78 is 0. The van der Waals surface area contributed by atoms with E-state index in [4.69, 9.17) is 0 Å². The number of likely N-dealkylation sites (tertiary alicyclic amines) is 2. The molecule has 2 heterocycles. The Morgan fingerprint density at radius 1 is 0.964 bits per heavy atom. The molecule has 2 fully saturated rings. The monoisotopic (exact) mass is 381 g/mol. The number of allylic oxidation sites excluding steroid dienone is 2. The molecule has 0 aromatic heterocycles. The number of nitrogens with zero attached hydrogens (tertiary/aromatic N) is 2. The fourth-order valence-corrected chi connectivity index (χ4v) is 4.42. The number of hydrogen-bond donors (Lipinski definition) is 1. The Kier molecular flexibility index (Phi) is 5.57. The van der Waals surface area contributed by atoms with Crippen molar-refractivity contribution in [1.29, 1.82) is 0 Å². The number of nitrogens with one attached hydrogen (secondary N) is 1. The van der Waals surface area contributed by atoms with E-state index >= 15 is 0 Å². The Morgan fingerprint density at radius 2 is 1.57 bits per heavy atom. The van der Waals surface area contributed by atoms with Crippen molar-refractivity contribution in [1.82, 2.24) is 9.80 Å². The molecule has 1 N–H and O–H groups in total. The normalized spacial score (nSPS) is 24.6. The van der Waals surface area contributed by atoms with Crippen LogP contribution >= 0.6 is 0 Å². The third-order valence-corrected chi connectivity index (χ3v) is 6.00. The van der Waals surface area contributed by atoms with Gasteiger partial charge < -0.3 is 5.32 Å². The molecule has 0 unspecified atom stereocenters. The summed E-state index contributed by atoms with van der Waals surface area (Å²) in [5.41, 5.74) is 1.98. The second kappa shape index (κ2) is 8.27. The zero-order valence-electron chi connectivity index (χ0n) is 16.1. The summed E-state index contributed by atoms with van der Waals surface area (Å²) in [6, 6.07) is 7.91. The van der Waals surface area contributed by atoms with Crippen LogP contribution in [0, 0.1) is 11.8 Å². The van der Waals surface area contributed by atoms with Gasteiger partial charge in [-0.15, -0.1) is 0 Å². The summed E-state index contributed by atoms with van der Waals surface area (Å²) in [4.78, 5) is 40.9. The number of hydrogen-bond acceptors (Lipinski definition) is 4. The van der Waals surface area contributed by atoms with Gasteiger partial charge in [-0.05, 0) is 56.5 Å². The second-order valence-electron chi connectivity index (χ2n) is 7.96. The molecule has 1 aromatic rings. The number of imide groups is 1. The minimum absolute atomic E-state index is 0.125. The van der Waals surface area contributed by atoms with Gasteiger partial charge in [0.05, 0.1) is 11.8 Å². The van der Waals surface area contributed by atoms with Crippen molar-refractivity contribution in [2.75, 3.05) is 25.0 Å². The van der Waals surface area contributed by atoms with Gasteiger partial charge in [-0.25, -0.2) is 0 Å². The first-order valence-electron chi connectivity index (χ1n) is 10.2. The molecule has 6 heteroatoms. The van der Waals surface area contributed by atoms with Gasteiger partial charge >= 0.3 is 0 Å². The predicted octanol–water partition coefficient (Wildman–Crippen LogP) is 2.56. The van der Waals surface area contributed by atoms with Crippen LogP contribution in [0.25, 0.3) is 0 Å². The number of benzene rings is 1. The molecular formula is C22H27N3O3. The van der Waals surface area contributed by atoms with Crippen LogP contribution in [-0.4, -0.2) is 47.2 Å². The largest absolute Gasteiger partial charge is 0.326 e. The number of carbonyl (C=O) groups is 3. The van der Waals surface area contributed by atoms with E-state index in [1.54, 1.807) is 0 Å². The average Bonchev–Trinajstić information content (AvgIpc) is 3.30. The number of fused-ring (bicyclic) bond motifs is 1. The van der Waals surface area contributed by atoms with Crippen molar-refractivity contribution in [3.63, 3.8) is 0 Å². The molecule has 148 valence electrons. The van der Waals surface area contributed by atoms with Crippen LogP contribution in [0.5, 0.6) is 0 Å². The van der Waals surface area contributed by atoms with Gasteiger partial charge in [0, 0.05) is 25.2 Å². The summed E-state index contributed by atoms with van der Waals surface area (Å²) in [6.07, 6.45) is 7.86. The molecule has 3 amide bonds. The molecular weight excluding hydrogens is 354 g/mol. The van der Waals surface area contributed by atoms with E-state index in [2.05, 4.69) is 10.2 Å². The number of amides is 3. The van der Waals surface area contributed by atoms with Crippen molar-refractivity contribution in [3.8, 4) is 0 Å². The van der Waals surface area contributed by atoms with Crippen molar-refractivity contribution in [2.24, 2.45) is 11.8 Å². The lowest BCUT2D eigenvalue weighted by Gasteiger charge is -2.15. The number of anilines is 1. The highest BCUT2D eigenvalue weighted by Crippen LogP contribution is 2.35. The lowest BCUT2D eigenvalue weighted by atomic mass is 9.85. The van der Waals surface area contributed by atoms with Gasteiger partial charge in [0.25, 0.3) is 0 Å². The minimum atomic E-state index is -0.233. The van der Waals surface area contributed by atoms with Crippen molar-refractivity contribution < 1.29 is 14.4 Å². The lowest BCUT2D eigenvalue weighted by molar-refractivity contribution is -0.140. The predicted molar refractivity (Wildman–Crippen MR) is 106 cm³/mol. The average molecular weight is 381 g/mol. The first-order valence-corrected chi connectivity index (χ1v) is 10.2. The second-order valence-corrected chi connectivity index (χ2v) is 7.96. The van der Waals surface area contributed by atoms with E-state index in [0.29, 0.717) is 12.8 Å². The van der Waals surface area contributed by atoms with E-state index in [1.165, 1.54) is 23.3 Å². The first kappa shape index (κ1) is 18.9. The zero-order chi connectivity index (χ0) is 19.5. The van der Waals surface area contributed by atoms with Crippen LogP contribution in [0.3, 0.4) is 0 Å². The number of carbonyl (C=O) groups excluding carboxylic acids is 3. The van der Waals surface area contributed by atoms with E-state index in [1.807, 2.05) is 36.4 Å². The fourth-order valence-electron chi connectivity index (χ4n) is 4.42. The highest BCUT2D eigenvalue weighted by Gasteiger charge is 2.46. The summed E-state index contributed by atoms with van der Waals surface area (Å²) in [6.45, 7) is 3.42. The molecule has 1 aliphatic carbocycles. The van der Waals surface area contributed by atoms with Gasteiger partial charge in [-0.1, -0.05) is 24.3 Å². The molecule has 1 aromatic carbocycles. The molecule has 0 radical (unpaired) electrons. The molecule has 0 bridgehead atoms. The molecule has 2 aliphatic heterocycles. The fraction of sp³-hybridized carbons (Fsp3) is 0.500. The molecule has 0 spiro atoms. The van der Waals surface area contributed by atoms with Gasteiger partial charge in [-0.3, -0.25) is 24.2 Å². The summed E-state index contributed by atoms with van der Waals surface area (Å²) >= 11 is 0. The maximum Gasteiger partial charge on any atom is 0.233 e. The smallest absolute Gasteiger partial charge is 0.233 e. The van der Waals surface area contributed by atoms with Crippen molar-refractivity contribution in [3.05, 3.63) is 42.0 Å². The third kappa shape index (κ3) is 4.02. The molecule has 0 saturated carbocycles.